The van der Waals surface area contributed by atoms with Gasteiger partial charge in [0.25, 0.3) is 0 Å². The Morgan fingerprint density at radius 1 is 0.577 bits per heavy atom. The number of rotatable bonds is 14. The molecule has 0 spiro atoms. The highest BCUT2D eigenvalue weighted by Gasteiger charge is 2.36. The maximum Gasteiger partial charge on any atom is 0.346 e. The van der Waals surface area contributed by atoms with Crippen LogP contribution in [0.25, 0.3) is 0 Å². The SMILES string of the molecule is C=CC(=O)OCOc1ccc(C(=O)Oc2ccc(C3(c4ccc(OC(=O)c5ccc(OCOC(=O)C=C)cc5F)cc4)CCCCC3)cc2)c(F)c1. The third-order valence-electron chi connectivity index (χ3n) is 8.45. The first-order valence-electron chi connectivity index (χ1n) is 16.2. The monoisotopic (exact) mass is 712 g/mol. The summed E-state index contributed by atoms with van der Waals surface area (Å²) in [5.74, 6) is -4.39. The van der Waals surface area contributed by atoms with E-state index in [0.29, 0.717) is 0 Å². The summed E-state index contributed by atoms with van der Waals surface area (Å²) >= 11 is 0. The number of hydrogen-bond acceptors (Lipinski definition) is 10. The van der Waals surface area contributed by atoms with Crippen LogP contribution >= 0.6 is 0 Å². The zero-order chi connectivity index (χ0) is 37.1. The standard InChI is InChI=1S/C40H34F2O10/c1-3-36(43)49-24-47-30-16-18-32(34(41)22-30)38(45)51-28-12-8-26(9-13-28)40(20-6-5-7-21-40)27-10-14-29(15-11-27)52-39(46)33-19-17-31(23-35(33)42)48-25-50-37(44)4-2/h3-4,8-19,22-23H,1-2,5-7,20-21,24-25H2. The molecule has 10 nitrogen and oxygen atoms in total. The first-order valence-corrected chi connectivity index (χ1v) is 16.2. The van der Waals surface area contributed by atoms with Crippen LogP contribution in [0.2, 0.25) is 0 Å². The van der Waals surface area contributed by atoms with Gasteiger partial charge < -0.3 is 28.4 Å². The number of halogens is 2. The van der Waals surface area contributed by atoms with Crippen molar-refractivity contribution in [1.82, 2.24) is 0 Å². The molecule has 52 heavy (non-hydrogen) atoms. The van der Waals surface area contributed by atoms with Gasteiger partial charge in [0.1, 0.15) is 34.6 Å². The lowest BCUT2D eigenvalue weighted by Crippen LogP contribution is -2.30. The summed E-state index contributed by atoms with van der Waals surface area (Å²) in [5.41, 5.74) is 1.01. The molecule has 4 aromatic rings. The van der Waals surface area contributed by atoms with Gasteiger partial charge in [-0.3, -0.25) is 0 Å². The predicted octanol–water partition coefficient (Wildman–Crippen LogP) is 7.78. The van der Waals surface area contributed by atoms with Gasteiger partial charge in [-0.05, 0) is 72.5 Å². The molecule has 0 aromatic heterocycles. The van der Waals surface area contributed by atoms with Gasteiger partial charge in [-0.25, -0.2) is 28.0 Å². The number of carbonyl (C=O) groups excluding carboxylic acids is 4. The first kappa shape index (κ1) is 37.0. The third kappa shape index (κ3) is 9.08. The molecule has 1 aliphatic carbocycles. The molecule has 0 saturated heterocycles. The fourth-order valence-electron chi connectivity index (χ4n) is 5.84. The second-order valence-corrected chi connectivity index (χ2v) is 11.6. The lowest BCUT2D eigenvalue weighted by atomic mass is 9.65. The van der Waals surface area contributed by atoms with E-state index in [2.05, 4.69) is 13.2 Å². The molecular formula is C40H34F2O10. The number of hydrogen-bond donors (Lipinski definition) is 0. The average molecular weight is 713 g/mol. The van der Waals surface area contributed by atoms with E-state index in [-0.39, 0.29) is 39.5 Å². The third-order valence-corrected chi connectivity index (χ3v) is 8.45. The summed E-state index contributed by atoms with van der Waals surface area (Å²) in [6.07, 6.45) is 6.68. The molecular weight excluding hydrogens is 678 g/mol. The van der Waals surface area contributed by atoms with Gasteiger partial charge in [-0.15, -0.1) is 0 Å². The molecule has 0 amide bonds. The van der Waals surface area contributed by atoms with Crippen LogP contribution in [0, 0.1) is 11.6 Å². The Kier molecular flexibility index (Phi) is 12.1. The van der Waals surface area contributed by atoms with Gasteiger partial charge in [-0.1, -0.05) is 56.7 Å². The van der Waals surface area contributed by atoms with E-state index < -0.39 is 49.1 Å². The Hall–Kier alpha value is -6.30. The Morgan fingerprint density at radius 3 is 1.33 bits per heavy atom. The zero-order valence-electron chi connectivity index (χ0n) is 27.9. The summed E-state index contributed by atoms with van der Waals surface area (Å²) in [6.45, 7) is 5.63. The van der Waals surface area contributed by atoms with E-state index in [0.717, 1.165) is 67.5 Å². The quantitative estimate of drug-likeness (QED) is 0.0554. The Bertz CT molecular complexity index is 1810. The number of benzene rings is 4. The minimum atomic E-state index is -0.900. The predicted molar refractivity (Wildman–Crippen MR) is 183 cm³/mol. The van der Waals surface area contributed by atoms with E-state index in [4.69, 9.17) is 28.4 Å². The van der Waals surface area contributed by atoms with Gasteiger partial charge in [0.05, 0.1) is 11.1 Å². The normalized spacial score (nSPS) is 13.2. The average Bonchev–Trinajstić information content (AvgIpc) is 3.15. The number of ether oxygens (including phenoxy) is 6. The lowest BCUT2D eigenvalue weighted by molar-refractivity contribution is -0.145. The largest absolute Gasteiger partial charge is 0.457 e. The van der Waals surface area contributed by atoms with Crippen LogP contribution < -0.4 is 18.9 Å². The van der Waals surface area contributed by atoms with Crippen LogP contribution in [0.15, 0.2) is 110 Å². The molecule has 1 saturated carbocycles. The molecule has 0 aliphatic heterocycles. The highest BCUT2D eigenvalue weighted by molar-refractivity contribution is 5.92. The lowest BCUT2D eigenvalue weighted by Gasteiger charge is -2.38. The van der Waals surface area contributed by atoms with Crippen LogP contribution in [0.3, 0.4) is 0 Å². The molecule has 268 valence electrons. The van der Waals surface area contributed by atoms with Gasteiger partial charge in [0, 0.05) is 29.7 Å². The van der Waals surface area contributed by atoms with Crippen molar-refractivity contribution in [3.05, 3.63) is 144 Å². The molecule has 1 aliphatic rings. The van der Waals surface area contributed by atoms with E-state index in [1.54, 1.807) is 24.3 Å². The summed E-state index contributed by atoms with van der Waals surface area (Å²) in [5, 5.41) is 0. The Balaban J connectivity index is 1.23. The molecule has 0 atom stereocenters. The van der Waals surface area contributed by atoms with Gasteiger partial charge in [-0.2, -0.15) is 0 Å². The van der Waals surface area contributed by atoms with Gasteiger partial charge in [0.2, 0.25) is 13.6 Å². The smallest absolute Gasteiger partial charge is 0.346 e. The summed E-state index contributed by atoms with van der Waals surface area (Å²) in [4.78, 5) is 47.9. The molecule has 0 heterocycles. The van der Waals surface area contributed by atoms with Gasteiger partial charge in [0.15, 0.2) is 0 Å². The van der Waals surface area contributed by atoms with Crippen molar-refractivity contribution >= 4 is 23.9 Å². The minimum absolute atomic E-state index is 0.0527. The molecule has 0 unspecified atom stereocenters. The fraction of sp³-hybridized carbons (Fsp3) is 0.200. The molecule has 4 aromatic carbocycles. The van der Waals surface area contributed by atoms with Crippen LogP contribution in [-0.4, -0.2) is 37.5 Å². The molecule has 1 fully saturated rings. The van der Waals surface area contributed by atoms with Crippen molar-refractivity contribution in [2.24, 2.45) is 0 Å². The summed E-state index contributed by atoms with van der Waals surface area (Å²) < 4.78 is 60.1. The number of carbonyl (C=O) groups is 4. The van der Waals surface area contributed by atoms with Crippen molar-refractivity contribution in [3.8, 4) is 23.0 Å². The van der Waals surface area contributed by atoms with Crippen LogP contribution in [0.1, 0.15) is 63.9 Å². The fourth-order valence-corrected chi connectivity index (χ4v) is 5.84. The van der Waals surface area contributed by atoms with Crippen LogP contribution in [0.4, 0.5) is 8.78 Å². The second kappa shape index (κ2) is 17.1. The van der Waals surface area contributed by atoms with Crippen LogP contribution in [0.5, 0.6) is 23.0 Å². The highest BCUT2D eigenvalue weighted by atomic mass is 19.1. The van der Waals surface area contributed by atoms with Crippen molar-refractivity contribution < 1.29 is 56.4 Å². The molecule has 0 N–H and O–H groups in total. The molecule has 0 bridgehead atoms. The molecule has 12 heteroatoms. The molecule has 0 radical (unpaired) electrons. The van der Waals surface area contributed by atoms with E-state index in [1.807, 2.05) is 24.3 Å². The summed E-state index contributed by atoms with van der Waals surface area (Å²) in [7, 11) is 0. The number of esters is 4. The zero-order valence-corrected chi connectivity index (χ0v) is 27.9. The highest BCUT2D eigenvalue weighted by Crippen LogP contribution is 2.45. The van der Waals surface area contributed by atoms with Crippen molar-refractivity contribution in [2.45, 2.75) is 37.5 Å². The van der Waals surface area contributed by atoms with Gasteiger partial charge >= 0.3 is 23.9 Å². The Labute approximate surface area is 298 Å². The van der Waals surface area contributed by atoms with Crippen molar-refractivity contribution in [2.75, 3.05) is 13.6 Å². The summed E-state index contributed by atoms with van der Waals surface area (Å²) in [6, 6.07) is 21.2. The van der Waals surface area contributed by atoms with E-state index in [9.17, 15) is 28.0 Å². The topological polar surface area (TPSA) is 124 Å². The van der Waals surface area contributed by atoms with Crippen molar-refractivity contribution in [3.63, 3.8) is 0 Å². The first-order chi connectivity index (χ1) is 25.1. The van der Waals surface area contributed by atoms with Crippen molar-refractivity contribution in [1.29, 1.82) is 0 Å². The maximum atomic E-state index is 14.7. The van der Waals surface area contributed by atoms with E-state index >= 15 is 0 Å². The minimum Gasteiger partial charge on any atom is -0.457 e. The maximum absolute atomic E-state index is 14.7. The van der Waals surface area contributed by atoms with Crippen LogP contribution in [-0.2, 0) is 24.5 Å². The molecule has 5 rings (SSSR count). The second-order valence-electron chi connectivity index (χ2n) is 11.6. The van der Waals surface area contributed by atoms with E-state index in [1.165, 1.54) is 24.3 Å². The Morgan fingerprint density at radius 2 is 0.962 bits per heavy atom.